The number of carboxylic acid groups (broad SMARTS) is 1. The molecule has 0 amide bonds. The molecule has 0 aromatic carbocycles. The highest BCUT2D eigenvalue weighted by Crippen LogP contribution is 2.01. The minimum absolute atomic E-state index is 0.363. The van der Waals surface area contributed by atoms with Crippen LogP contribution < -0.4 is 0 Å². The number of hydrogen-bond donors (Lipinski definition) is 1. The predicted molar refractivity (Wildman–Crippen MR) is 39.4 cm³/mol. The molecular weight excluding hydrogens is 184 g/mol. The van der Waals surface area contributed by atoms with Gasteiger partial charge in [-0.3, -0.25) is 0 Å². The van der Waals surface area contributed by atoms with E-state index in [4.69, 9.17) is 5.11 Å². The first-order valence-corrected chi connectivity index (χ1v) is 4.75. The van der Waals surface area contributed by atoms with Gasteiger partial charge in [0.1, 0.15) is 0 Å². The summed E-state index contributed by atoms with van der Waals surface area (Å²) >= 11 is 0. The lowest BCUT2D eigenvalue weighted by molar-refractivity contribution is 0.0688. The Balaban J connectivity index is 3.36. The third-order valence-corrected chi connectivity index (χ3v) is 2.06. The van der Waals surface area contributed by atoms with Gasteiger partial charge in [0.05, 0.1) is 12.5 Å². The molecule has 6 nitrogen and oxygen atoms in total. The second-order valence-corrected chi connectivity index (χ2v) is 3.94. The molecule has 0 saturated carbocycles. The summed E-state index contributed by atoms with van der Waals surface area (Å²) in [6.07, 6.45) is 2.00. The fourth-order valence-corrected chi connectivity index (χ4v) is 1.43. The topological polar surface area (TPSA) is 89.3 Å². The summed E-state index contributed by atoms with van der Waals surface area (Å²) < 4.78 is 22.2. The van der Waals surface area contributed by atoms with Gasteiger partial charge in [-0.05, 0) is 6.07 Å². The molecule has 1 aromatic heterocycles. The Hall–Kier alpha value is -1.37. The lowest BCUT2D eigenvalue weighted by Gasteiger charge is -1.98. The van der Waals surface area contributed by atoms with Crippen molar-refractivity contribution in [3.63, 3.8) is 0 Å². The standard InChI is InChI=1S/C5H6N2O4S/c1-12(10,11)7-4(5(8)9)2-3-6-7/h2-3H,1H3,(H,8,9). The summed E-state index contributed by atoms with van der Waals surface area (Å²) in [4.78, 5) is 10.4. The smallest absolute Gasteiger partial charge is 0.355 e. The quantitative estimate of drug-likeness (QED) is 0.671. The molecule has 0 atom stereocenters. The number of carbonyl (C=O) groups is 1. The predicted octanol–water partition coefficient (Wildman–Crippen LogP) is -0.611. The number of aromatic carboxylic acids is 1. The van der Waals surface area contributed by atoms with E-state index in [9.17, 15) is 13.2 Å². The van der Waals surface area contributed by atoms with E-state index in [0.29, 0.717) is 4.09 Å². The van der Waals surface area contributed by atoms with E-state index in [-0.39, 0.29) is 5.69 Å². The van der Waals surface area contributed by atoms with E-state index in [1.165, 1.54) is 0 Å². The maximum atomic E-state index is 10.9. The maximum absolute atomic E-state index is 10.9. The van der Waals surface area contributed by atoms with Crippen LogP contribution in [0.1, 0.15) is 10.5 Å². The van der Waals surface area contributed by atoms with Gasteiger partial charge in [0.25, 0.3) is 10.0 Å². The first-order valence-electron chi connectivity index (χ1n) is 2.91. The minimum atomic E-state index is -3.61. The van der Waals surface area contributed by atoms with Crippen molar-refractivity contribution in [3.05, 3.63) is 18.0 Å². The molecule has 0 unspecified atom stereocenters. The molecule has 66 valence electrons. The van der Waals surface area contributed by atoms with Gasteiger partial charge in [-0.25, -0.2) is 13.2 Å². The van der Waals surface area contributed by atoms with Gasteiger partial charge in [0, 0.05) is 0 Å². The fourth-order valence-electron chi connectivity index (χ4n) is 0.708. The fraction of sp³-hybridized carbons (Fsp3) is 0.200. The first kappa shape index (κ1) is 8.72. The molecule has 12 heavy (non-hydrogen) atoms. The van der Waals surface area contributed by atoms with Crippen LogP contribution in [0.4, 0.5) is 0 Å². The molecule has 0 bridgehead atoms. The molecule has 0 saturated heterocycles. The van der Waals surface area contributed by atoms with E-state index in [0.717, 1.165) is 18.5 Å². The largest absolute Gasteiger partial charge is 0.476 e. The summed E-state index contributed by atoms with van der Waals surface area (Å²) in [5.41, 5.74) is -0.363. The van der Waals surface area contributed by atoms with Crippen molar-refractivity contribution in [1.82, 2.24) is 9.19 Å². The Morgan fingerprint density at radius 3 is 2.58 bits per heavy atom. The highest BCUT2D eigenvalue weighted by Gasteiger charge is 2.16. The molecule has 1 N–H and O–H groups in total. The van der Waals surface area contributed by atoms with Crippen molar-refractivity contribution in [2.45, 2.75) is 0 Å². The molecule has 1 heterocycles. The molecule has 0 radical (unpaired) electrons. The highest BCUT2D eigenvalue weighted by molar-refractivity contribution is 7.89. The summed E-state index contributed by atoms with van der Waals surface area (Å²) in [6, 6.07) is 1.11. The van der Waals surface area contributed by atoms with Gasteiger partial charge in [-0.1, -0.05) is 0 Å². The number of carboxylic acids is 1. The van der Waals surface area contributed by atoms with E-state index < -0.39 is 16.0 Å². The van der Waals surface area contributed by atoms with Crippen LogP contribution in [0.15, 0.2) is 12.3 Å². The average molecular weight is 190 g/mol. The molecular formula is C5H6N2O4S. The second kappa shape index (κ2) is 2.59. The Morgan fingerprint density at radius 1 is 1.67 bits per heavy atom. The Labute approximate surface area is 68.5 Å². The van der Waals surface area contributed by atoms with Gasteiger partial charge < -0.3 is 5.11 Å². The van der Waals surface area contributed by atoms with Gasteiger partial charge >= 0.3 is 5.97 Å². The molecule has 0 fully saturated rings. The SMILES string of the molecule is CS(=O)(=O)n1nccc1C(=O)O. The van der Waals surface area contributed by atoms with E-state index in [1.807, 2.05) is 0 Å². The zero-order valence-corrected chi connectivity index (χ0v) is 6.95. The minimum Gasteiger partial charge on any atom is -0.476 e. The molecule has 1 rings (SSSR count). The van der Waals surface area contributed by atoms with Crippen molar-refractivity contribution in [1.29, 1.82) is 0 Å². The Morgan fingerprint density at radius 2 is 2.25 bits per heavy atom. The molecule has 0 aliphatic heterocycles. The van der Waals surface area contributed by atoms with Gasteiger partial charge in [0.15, 0.2) is 5.69 Å². The zero-order chi connectivity index (χ0) is 9.35. The van der Waals surface area contributed by atoms with Crippen molar-refractivity contribution >= 4 is 16.0 Å². The average Bonchev–Trinajstić information content (AvgIpc) is 2.30. The molecule has 0 aliphatic rings. The van der Waals surface area contributed by atoms with Crippen LogP contribution in [0.3, 0.4) is 0 Å². The first-order chi connectivity index (χ1) is 5.43. The van der Waals surface area contributed by atoms with Gasteiger partial charge in [-0.15, -0.1) is 0 Å². The van der Waals surface area contributed by atoms with Crippen LogP contribution in [-0.4, -0.2) is 34.9 Å². The maximum Gasteiger partial charge on any atom is 0.355 e. The number of rotatable bonds is 2. The molecule has 1 aromatic rings. The normalized spacial score (nSPS) is 11.4. The molecule has 0 aliphatic carbocycles. The van der Waals surface area contributed by atoms with Crippen LogP contribution >= 0.6 is 0 Å². The van der Waals surface area contributed by atoms with Crippen molar-refractivity contribution in [2.75, 3.05) is 6.26 Å². The van der Waals surface area contributed by atoms with Crippen molar-refractivity contribution in [2.24, 2.45) is 0 Å². The third kappa shape index (κ3) is 1.45. The molecule has 0 spiro atoms. The highest BCUT2D eigenvalue weighted by atomic mass is 32.2. The van der Waals surface area contributed by atoms with Crippen LogP contribution in [0.5, 0.6) is 0 Å². The van der Waals surface area contributed by atoms with Crippen LogP contribution in [0.2, 0.25) is 0 Å². The summed E-state index contributed by atoms with van der Waals surface area (Å²) in [7, 11) is -3.61. The van der Waals surface area contributed by atoms with Crippen LogP contribution in [0, 0.1) is 0 Å². The number of hydrogen-bond acceptors (Lipinski definition) is 4. The van der Waals surface area contributed by atoms with E-state index >= 15 is 0 Å². The van der Waals surface area contributed by atoms with Crippen molar-refractivity contribution in [3.8, 4) is 0 Å². The lowest BCUT2D eigenvalue weighted by atomic mass is 10.5. The number of aromatic nitrogens is 2. The monoisotopic (exact) mass is 190 g/mol. The Kier molecular flexibility index (Phi) is 1.89. The van der Waals surface area contributed by atoms with E-state index in [2.05, 4.69) is 5.10 Å². The Bertz CT molecular complexity index is 405. The summed E-state index contributed by atoms with van der Waals surface area (Å²) in [6.45, 7) is 0. The van der Waals surface area contributed by atoms with E-state index in [1.54, 1.807) is 0 Å². The zero-order valence-electron chi connectivity index (χ0n) is 6.13. The van der Waals surface area contributed by atoms with Gasteiger partial charge in [0.2, 0.25) is 0 Å². The summed E-state index contributed by atoms with van der Waals surface area (Å²) in [5.74, 6) is -1.32. The van der Waals surface area contributed by atoms with Crippen molar-refractivity contribution < 1.29 is 18.3 Å². The van der Waals surface area contributed by atoms with Gasteiger partial charge in [-0.2, -0.15) is 9.19 Å². The number of nitrogens with zero attached hydrogens (tertiary/aromatic N) is 2. The van der Waals surface area contributed by atoms with Crippen LogP contribution in [-0.2, 0) is 10.0 Å². The summed E-state index contributed by atoms with van der Waals surface area (Å²) in [5, 5.41) is 11.8. The second-order valence-electron chi connectivity index (χ2n) is 2.13. The molecule has 7 heteroatoms. The van der Waals surface area contributed by atoms with Crippen LogP contribution in [0.25, 0.3) is 0 Å². The lowest BCUT2D eigenvalue weighted by Crippen LogP contribution is -2.17. The third-order valence-electron chi connectivity index (χ3n) is 1.14.